The number of rotatable bonds is 2. The molecule has 1 aromatic heterocycles. The third-order valence-corrected chi connectivity index (χ3v) is 4.57. The number of fused-ring (bicyclic) bond motifs is 1. The Morgan fingerprint density at radius 1 is 1.17 bits per heavy atom. The molecule has 0 unspecified atom stereocenters. The Hall–Kier alpha value is -2.62. The van der Waals surface area contributed by atoms with Gasteiger partial charge < -0.3 is 9.88 Å². The molecule has 3 aromatic rings. The number of carbonyl (C=O) groups excluding carboxylic acids is 1. The monoisotopic (exact) mass is 305 g/mol. The van der Waals surface area contributed by atoms with Crippen molar-refractivity contribution in [2.45, 2.75) is 26.2 Å². The normalized spacial score (nSPS) is 18.1. The van der Waals surface area contributed by atoms with Crippen LogP contribution in [0, 0.1) is 13.8 Å². The van der Waals surface area contributed by atoms with E-state index in [4.69, 9.17) is 0 Å². The van der Waals surface area contributed by atoms with E-state index < -0.39 is 0 Å². The van der Waals surface area contributed by atoms with Crippen LogP contribution in [0.15, 0.2) is 42.5 Å². The Kier molecular flexibility index (Phi) is 3.18. The predicted molar refractivity (Wildman–Crippen MR) is 91.7 cm³/mol. The number of aryl methyl sites for hydroxylation is 2. The van der Waals surface area contributed by atoms with Gasteiger partial charge in [-0.3, -0.25) is 4.79 Å². The molecule has 0 spiro atoms. The molecule has 116 valence electrons. The first-order valence-electron chi connectivity index (χ1n) is 7.94. The quantitative estimate of drug-likeness (QED) is 0.785. The lowest BCUT2D eigenvalue weighted by Crippen LogP contribution is -2.25. The second-order valence-corrected chi connectivity index (χ2v) is 6.33. The lowest BCUT2D eigenvalue weighted by atomic mass is 10.1. The highest BCUT2D eigenvalue weighted by molar-refractivity contribution is 5.97. The van der Waals surface area contributed by atoms with Crippen molar-refractivity contribution in [2.24, 2.45) is 0 Å². The van der Waals surface area contributed by atoms with Crippen LogP contribution in [0.2, 0.25) is 0 Å². The number of benzene rings is 2. The maximum Gasteiger partial charge on any atom is 0.227 e. The maximum absolute atomic E-state index is 12.5. The lowest BCUT2D eigenvalue weighted by molar-refractivity contribution is -0.117. The molecule has 2 heterocycles. The Morgan fingerprint density at radius 2 is 2.00 bits per heavy atom. The number of aromatic amines is 1. The van der Waals surface area contributed by atoms with Gasteiger partial charge in [0.1, 0.15) is 5.82 Å². The molecule has 1 amide bonds. The number of amides is 1. The van der Waals surface area contributed by atoms with Crippen molar-refractivity contribution in [3.05, 3.63) is 59.4 Å². The average Bonchev–Trinajstić information content (AvgIpc) is 3.11. The maximum atomic E-state index is 12.5. The van der Waals surface area contributed by atoms with E-state index in [1.54, 1.807) is 0 Å². The zero-order valence-corrected chi connectivity index (χ0v) is 13.3. The number of aromatic nitrogens is 2. The minimum Gasteiger partial charge on any atom is -0.342 e. The highest BCUT2D eigenvalue weighted by Gasteiger charge is 2.33. The van der Waals surface area contributed by atoms with Gasteiger partial charge in [0.05, 0.1) is 11.0 Å². The van der Waals surface area contributed by atoms with Gasteiger partial charge in [-0.1, -0.05) is 24.3 Å². The first kappa shape index (κ1) is 14.0. The highest BCUT2D eigenvalue weighted by atomic mass is 16.2. The predicted octanol–water partition coefficient (Wildman–Crippen LogP) is 3.70. The van der Waals surface area contributed by atoms with Crippen molar-refractivity contribution in [1.82, 2.24) is 9.97 Å². The Balaban J connectivity index is 1.66. The number of imidazole rings is 1. The molecule has 0 bridgehead atoms. The lowest BCUT2D eigenvalue weighted by Gasteiger charge is -2.18. The van der Waals surface area contributed by atoms with Gasteiger partial charge in [0, 0.05) is 24.6 Å². The largest absolute Gasteiger partial charge is 0.342 e. The first-order chi connectivity index (χ1) is 11.1. The molecule has 1 N–H and O–H groups in total. The Morgan fingerprint density at radius 3 is 2.83 bits per heavy atom. The molecule has 4 heteroatoms. The first-order valence-corrected chi connectivity index (χ1v) is 7.94. The second kappa shape index (κ2) is 5.23. The minimum atomic E-state index is 0.120. The summed E-state index contributed by atoms with van der Waals surface area (Å²) in [7, 11) is 0. The molecule has 1 aliphatic heterocycles. The molecule has 1 aliphatic rings. The molecule has 0 saturated carbocycles. The summed E-state index contributed by atoms with van der Waals surface area (Å²) in [5.41, 5.74) is 5.35. The summed E-state index contributed by atoms with van der Waals surface area (Å²) in [5.74, 6) is 1.20. The summed E-state index contributed by atoms with van der Waals surface area (Å²) < 4.78 is 0. The molecule has 1 saturated heterocycles. The average molecular weight is 305 g/mol. The molecule has 2 aromatic carbocycles. The van der Waals surface area contributed by atoms with E-state index >= 15 is 0 Å². The number of nitrogens with one attached hydrogen (secondary N) is 1. The third kappa shape index (κ3) is 2.40. The molecular weight excluding hydrogens is 286 g/mol. The van der Waals surface area contributed by atoms with Crippen molar-refractivity contribution in [2.75, 3.05) is 11.4 Å². The smallest absolute Gasteiger partial charge is 0.227 e. The fourth-order valence-electron chi connectivity index (χ4n) is 3.33. The van der Waals surface area contributed by atoms with Gasteiger partial charge in [0.25, 0.3) is 0 Å². The molecular formula is C19H19N3O. The minimum absolute atomic E-state index is 0.120. The van der Waals surface area contributed by atoms with Crippen LogP contribution in [0.3, 0.4) is 0 Å². The summed E-state index contributed by atoms with van der Waals surface area (Å²) in [6.07, 6.45) is 0.507. The fourth-order valence-corrected chi connectivity index (χ4v) is 3.33. The number of hydrogen-bond acceptors (Lipinski definition) is 2. The van der Waals surface area contributed by atoms with Gasteiger partial charge in [0.15, 0.2) is 0 Å². The second-order valence-electron chi connectivity index (χ2n) is 6.33. The van der Waals surface area contributed by atoms with Crippen molar-refractivity contribution in [1.29, 1.82) is 0 Å². The Labute approximate surface area is 135 Å². The zero-order valence-electron chi connectivity index (χ0n) is 13.3. The van der Waals surface area contributed by atoms with Crippen molar-refractivity contribution in [3.63, 3.8) is 0 Å². The van der Waals surface area contributed by atoms with E-state index in [1.165, 1.54) is 5.56 Å². The summed E-state index contributed by atoms with van der Waals surface area (Å²) >= 11 is 0. The molecule has 4 nitrogen and oxygen atoms in total. The van der Waals surface area contributed by atoms with Crippen LogP contribution in [0.1, 0.15) is 29.3 Å². The van der Waals surface area contributed by atoms with Crippen molar-refractivity contribution >= 4 is 22.6 Å². The van der Waals surface area contributed by atoms with Crippen LogP contribution in [0.4, 0.5) is 5.69 Å². The van der Waals surface area contributed by atoms with Gasteiger partial charge in [-0.25, -0.2) is 4.98 Å². The molecule has 1 fully saturated rings. The molecule has 23 heavy (non-hydrogen) atoms. The van der Waals surface area contributed by atoms with Crippen LogP contribution in [0.5, 0.6) is 0 Å². The van der Waals surface area contributed by atoms with Crippen LogP contribution in [0.25, 0.3) is 11.0 Å². The topological polar surface area (TPSA) is 49.0 Å². The van der Waals surface area contributed by atoms with Gasteiger partial charge in [-0.15, -0.1) is 0 Å². The van der Waals surface area contributed by atoms with Crippen LogP contribution in [-0.4, -0.2) is 22.4 Å². The van der Waals surface area contributed by atoms with E-state index in [0.29, 0.717) is 13.0 Å². The van der Waals surface area contributed by atoms with E-state index in [9.17, 15) is 4.79 Å². The third-order valence-electron chi connectivity index (χ3n) is 4.57. The standard InChI is InChI=1S/C19H19N3O/c1-12-7-8-15-16(9-12)21-19(20-15)14-10-18(23)22(11-14)17-6-4-3-5-13(17)2/h3-9,14H,10-11H2,1-2H3,(H,20,21)/t14-/m1/s1. The van der Waals surface area contributed by atoms with Gasteiger partial charge >= 0.3 is 0 Å². The van der Waals surface area contributed by atoms with Crippen LogP contribution < -0.4 is 4.90 Å². The number of anilines is 1. The van der Waals surface area contributed by atoms with Gasteiger partial charge in [-0.2, -0.15) is 0 Å². The molecule has 1 atom stereocenters. The molecule has 4 rings (SSSR count). The number of hydrogen-bond donors (Lipinski definition) is 1. The summed E-state index contributed by atoms with van der Waals surface area (Å²) in [6.45, 7) is 4.79. The number of nitrogens with zero attached hydrogens (tertiary/aromatic N) is 2. The van der Waals surface area contributed by atoms with E-state index in [0.717, 1.165) is 28.1 Å². The Bertz CT molecular complexity index is 897. The number of para-hydroxylation sites is 1. The number of H-pyrrole nitrogens is 1. The molecule has 0 radical (unpaired) electrons. The fraction of sp³-hybridized carbons (Fsp3) is 0.263. The van der Waals surface area contributed by atoms with Gasteiger partial charge in [0.2, 0.25) is 5.91 Å². The number of carbonyl (C=O) groups is 1. The van der Waals surface area contributed by atoms with Gasteiger partial charge in [-0.05, 0) is 43.2 Å². The zero-order chi connectivity index (χ0) is 16.0. The van der Waals surface area contributed by atoms with E-state index in [1.807, 2.05) is 42.2 Å². The van der Waals surface area contributed by atoms with Crippen molar-refractivity contribution in [3.8, 4) is 0 Å². The van der Waals surface area contributed by atoms with Crippen LogP contribution >= 0.6 is 0 Å². The van der Waals surface area contributed by atoms with E-state index in [2.05, 4.69) is 29.0 Å². The van der Waals surface area contributed by atoms with Crippen LogP contribution in [-0.2, 0) is 4.79 Å². The summed E-state index contributed by atoms with van der Waals surface area (Å²) in [6, 6.07) is 14.2. The summed E-state index contributed by atoms with van der Waals surface area (Å²) in [4.78, 5) is 22.4. The van der Waals surface area contributed by atoms with Crippen molar-refractivity contribution < 1.29 is 4.79 Å². The summed E-state index contributed by atoms with van der Waals surface area (Å²) in [5, 5.41) is 0. The highest BCUT2D eigenvalue weighted by Crippen LogP contribution is 2.32. The SMILES string of the molecule is Cc1ccc2nc([C@@H]3CC(=O)N(c4ccccc4C)C3)[nH]c2c1. The molecule has 0 aliphatic carbocycles. The van der Waals surface area contributed by atoms with E-state index in [-0.39, 0.29) is 11.8 Å².